The molecule has 1 aliphatic carbocycles. The maximum absolute atomic E-state index is 10.4. The number of nitrogens with zero attached hydrogens (tertiary/aromatic N) is 4. The SMILES string of the molecule is OCc1csc(N2CCN(Cc3cc(C4CC4)n[nH]3)CC(O)C2)n1. The van der Waals surface area contributed by atoms with E-state index in [4.69, 9.17) is 5.11 Å². The van der Waals surface area contributed by atoms with E-state index < -0.39 is 6.10 Å². The van der Waals surface area contributed by atoms with Gasteiger partial charge >= 0.3 is 0 Å². The number of aliphatic hydroxyl groups is 2. The zero-order valence-electron chi connectivity index (χ0n) is 13.6. The molecule has 1 saturated heterocycles. The quantitative estimate of drug-likeness (QED) is 0.744. The van der Waals surface area contributed by atoms with Crippen molar-refractivity contribution in [1.82, 2.24) is 20.1 Å². The first-order valence-electron chi connectivity index (χ1n) is 8.46. The lowest BCUT2D eigenvalue weighted by Crippen LogP contribution is -2.33. The molecule has 0 bridgehead atoms. The van der Waals surface area contributed by atoms with Crippen LogP contribution in [0, 0.1) is 0 Å². The van der Waals surface area contributed by atoms with E-state index in [2.05, 4.69) is 31.0 Å². The molecule has 0 aromatic carbocycles. The lowest BCUT2D eigenvalue weighted by Gasteiger charge is -2.20. The fourth-order valence-electron chi connectivity index (χ4n) is 3.18. The fourth-order valence-corrected chi connectivity index (χ4v) is 4.03. The van der Waals surface area contributed by atoms with Crippen molar-refractivity contribution in [1.29, 1.82) is 0 Å². The predicted molar refractivity (Wildman–Crippen MR) is 92.1 cm³/mol. The average Bonchev–Trinajstić information content (AvgIpc) is 3.18. The number of anilines is 1. The van der Waals surface area contributed by atoms with Gasteiger partial charge in [0.05, 0.1) is 24.1 Å². The minimum Gasteiger partial charge on any atom is -0.390 e. The highest BCUT2D eigenvalue weighted by molar-refractivity contribution is 7.13. The molecule has 1 unspecified atom stereocenters. The number of hydrogen-bond acceptors (Lipinski definition) is 7. The van der Waals surface area contributed by atoms with Crippen molar-refractivity contribution in [2.24, 2.45) is 0 Å². The summed E-state index contributed by atoms with van der Waals surface area (Å²) in [5.74, 6) is 0.658. The largest absolute Gasteiger partial charge is 0.390 e. The molecule has 0 amide bonds. The molecule has 2 fully saturated rings. The average molecular weight is 349 g/mol. The van der Waals surface area contributed by atoms with E-state index in [0.717, 1.165) is 30.5 Å². The van der Waals surface area contributed by atoms with Crippen molar-refractivity contribution in [2.45, 2.75) is 38.0 Å². The van der Waals surface area contributed by atoms with Gasteiger partial charge in [-0.25, -0.2) is 4.98 Å². The smallest absolute Gasteiger partial charge is 0.185 e. The van der Waals surface area contributed by atoms with E-state index in [-0.39, 0.29) is 6.61 Å². The van der Waals surface area contributed by atoms with Crippen LogP contribution in [-0.4, -0.2) is 62.6 Å². The zero-order valence-corrected chi connectivity index (χ0v) is 14.4. The summed E-state index contributed by atoms with van der Waals surface area (Å²) in [4.78, 5) is 8.78. The number of β-amino-alcohol motifs (C(OH)–C–C–N with tert-alkyl or cyclic N) is 1. The molecule has 24 heavy (non-hydrogen) atoms. The Hall–Kier alpha value is -1.48. The monoisotopic (exact) mass is 349 g/mol. The van der Waals surface area contributed by atoms with Crippen LogP contribution in [0.3, 0.4) is 0 Å². The minimum absolute atomic E-state index is 0.0395. The van der Waals surface area contributed by atoms with Gasteiger partial charge in [-0.1, -0.05) is 0 Å². The Morgan fingerprint density at radius 2 is 2.17 bits per heavy atom. The van der Waals surface area contributed by atoms with Crippen LogP contribution in [0.1, 0.15) is 35.8 Å². The second-order valence-electron chi connectivity index (χ2n) is 6.71. The number of rotatable bonds is 5. The normalized spacial score (nSPS) is 22.8. The first-order chi connectivity index (χ1) is 11.7. The van der Waals surface area contributed by atoms with E-state index in [1.807, 2.05) is 5.38 Å². The lowest BCUT2D eigenvalue weighted by molar-refractivity contribution is 0.128. The molecule has 130 valence electrons. The van der Waals surface area contributed by atoms with Crippen LogP contribution in [-0.2, 0) is 13.2 Å². The Morgan fingerprint density at radius 3 is 2.92 bits per heavy atom. The molecule has 1 aliphatic heterocycles. The van der Waals surface area contributed by atoms with Crippen molar-refractivity contribution in [3.63, 3.8) is 0 Å². The third kappa shape index (κ3) is 3.61. The van der Waals surface area contributed by atoms with Gasteiger partial charge in [-0.15, -0.1) is 11.3 Å². The van der Waals surface area contributed by atoms with Gasteiger partial charge in [0.25, 0.3) is 0 Å². The number of aliphatic hydroxyl groups excluding tert-OH is 2. The number of thiazole rings is 1. The van der Waals surface area contributed by atoms with Gasteiger partial charge in [-0.05, 0) is 18.9 Å². The predicted octanol–water partition coefficient (Wildman–Crippen LogP) is 0.919. The third-order valence-electron chi connectivity index (χ3n) is 4.60. The summed E-state index contributed by atoms with van der Waals surface area (Å²) in [5.41, 5.74) is 2.99. The maximum atomic E-state index is 10.4. The Kier molecular flexibility index (Phi) is 4.53. The van der Waals surface area contributed by atoms with Crippen LogP contribution in [0.2, 0.25) is 0 Å². The molecule has 3 N–H and O–H groups in total. The van der Waals surface area contributed by atoms with Gasteiger partial charge in [0.2, 0.25) is 0 Å². The molecule has 7 nitrogen and oxygen atoms in total. The van der Waals surface area contributed by atoms with Gasteiger partial charge in [0.15, 0.2) is 5.13 Å². The second kappa shape index (κ2) is 6.79. The minimum atomic E-state index is -0.417. The van der Waals surface area contributed by atoms with Crippen molar-refractivity contribution in [3.05, 3.63) is 28.5 Å². The first kappa shape index (κ1) is 16.0. The van der Waals surface area contributed by atoms with Crippen LogP contribution in [0.15, 0.2) is 11.4 Å². The van der Waals surface area contributed by atoms with Gasteiger partial charge in [-0.3, -0.25) is 10.00 Å². The van der Waals surface area contributed by atoms with Gasteiger partial charge < -0.3 is 15.1 Å². The molecule has 2 aliphatic rings. The molecular weight excluding hydrogens is 326 g/mol. The summed E-state index contributed by atoms with van der Waals surface area (Å²) in [6.45, 7) is 3.65. The highest BCUT2D eigenvalue weighted by atomic mass is 32.1. The summed E-state index contributed by atoms with van der Waals surface area (Å²) in [6, 6.07) is 2.17. The summed E-state index contributed by atoms with van der Waals surface area (Å²) in [6.07, 6.45) is 2.09. The molecule has 4 rings (SSSR count). The fraction of sp³-hybridized carbons (Fsp3) is 0.625. The van der Waals surface area contributed by atoms with Crippen molar-refractivity contribution in [2.75, 3.05) is 31.1 Å². The van der Waals surface area contributed by atoms with Crippen LogP contribution in [0.25, 0.3) is 0 Å². The molecule has 0 radical (unpaired) electrons. The molecule has 3 heterocycles. The highest BCUT2D eigenvalue weighted by Gasteiger charge is 2.27. The van der Waals surface area contributed by atoms with Crippen LogP contribution in [0.5, 0.6) is 0 Å². The highest BCUT2D eigenvalue weighted by Crippen LogP contribution is 2.39. The van der Waals surface area contributed by atoms with Crippen LogP contribution >= 0.6 is 11.3 Å². The Bertz CT molecular complexity index is 684. The van der Waals surface area contributed by atoms with Crippen LogP contribution in [0.4, 0.5) is 5.13 Å². The Balaban J connectivity index is 1.39. The molecule has 8 heteroatoms. The maximum Gasteiger partial charge on any atom is 0.185 e. The van der Waals surface area contributed by atoms with Gasteiger partial charge in [0, 0.05) is 49.7 Å². The molecule has 1 atom stereocenters. The van der Waals surface area contributed by atoms with E-state index in [1.165, 1.54) is 29.9 Å². The van der Waals surface area contributed by atoms with Gasteiger partial charge in [-0.2, -0.15) is 5.10 Å². The van der Waals surface area contributed by atoms with Crippen molar-refractivity contribution < 1.29 is 10.2 Å². The number of aromatic nitrogens is 3. The third-order valence-corrected chi connectivity index (χ3v) is 5.55. The summed E-state index contributed by atoms with van der Waals surface area (Å²) in [5, 5.41) is 29.8. The van der Waals surface area contributed by atoms with E-state index >= 15 is 0 Å². The summed E-state index contributed by atoms with van der Waals surface area (Å²) in [7, 11) is 0. The zero-order chi connectivity index (χ0) is 16.5. The van der Waals surface area contributed by atoms with Crippen LogP contribution < -0.4 is 4.90 Å². The summed E-state index contributed by atoms with van der Waals surface area (Å²) < 4.78 is 0. The molecule has 0 spiro atoms. The second-order valence-corrected chi connectivity index (χ2v) is 7.54. The molecular formula is C16H23N5O2S. The van der Waals surface area contributed by atoms with E-state index in [1.54, 1.807) is 0 Å². The van der Waals surface area contributed by atoms with Gasteiger partial charge in [0.1, 0.15) is 0 Å². The van der Waals surface area contributed by atoms with Crippen molar-refractivity contribution >= 4 is 16.5 Å². The van der Waals surface area contributed by atoms with E-state index in [0.29, 0.717) is 24.7 Å². The Labute approximate surface area is 144 Å². The topological polar surface area (TPSA) is 88.5 Å². The molecule has 2 aromatic rings. The molecule has 1 saturated carbocycles. The number of H-pyrrole nitrogens is 1. The van der Waals surface area contributed by atoms with E-state index in [9.17, 15) is 5.11 Å². The lowest BCUT2D eigenvalue weighted by atomic mass is 10.2. The summed E-state index contributed by atoms with van der Waals surface area (Å²) >= 11 is 1.52. The number of aromatic amines is 1. The number of nitrogens with one attached hydrogen (secondary N) is 1. The Morgan fingerprint density at radius 1 is 1.29 bits per heavy atom. The van der Waals surface area contributed by atoms with Crippen molar-refractivity contribution in [3.8, 4) is 0 Å². The first-order valence-corrected chi connectivity index (χ1v) is 9.34. The number of hydrogen-bond donors (Lipinski definition) is 3. The standard InChI is InChI=1S/C16H23N5O2S/c22-9-13-10-24-16(17-13)21-4-3-20(7-14(23)8-21)6-12-5-15(19-18-12)11-1-2-11/h5,10-11,14,22-23H,1-4,6-9H2,(H,18,19). The molecule has 2 aromatic heterocycles.